The molecule has 3 aromatic rings. The van der Waals surface area contributed by atoms with Crippen molar-refractivity contribution in [1.82, 2.24) is 15.3 Å². The van der Waals surface area contributed by atoms with E-state index in [1.54, 1.807) is 24.3 Å². The van der Waals surface area contributed by atoms with Gasteiger partial charge in [-0.3, -0.25) is 14.7 Å². The second kappa shape index (κ2) is 7.25. The first-order valence-electron chi connectivity index (χ1n) is 9.05. The molecule has 0 atom stereocenters. The molecule has 0 bridgehead atoms. The fraction of sp³-hybridized carbons (Fsp3) is 0.182. The van der Waals surface area contributed by atoms with E-state index < -0.39 is 5.41 Å². The first-order valence-corrected chi connectivity index (χ1v) is 9.05. The predicted octanol–water partition coefficient (Wildman–Crippen LogP) is 3.88. The summed E-state index contributed by atoms with van der Waals surface area (Å²) in [6.07, 6.45) is 4.23. The average Bonchev–Trinajstić information content (AvgIpc) is 3.16. The monoisotopic (exact) mass is 395 g/mol. The number of hydrogen-bond acceptors (Lipinski definition) is 3. The van der Waals surface area contributed by atoms with Crippen LogP contribution in [0.4, 0.5) is 8.78 Å². The van der Waals surface area contributed by atoms with Gasteiger partial charge in [-0.1, -0.05) is 36.4 Å². The number of carbonyl (C=O) groups is 1. The average molecular weight is 395 g/mol. The first-order chi connectivity index (χ1) is 13.9. The number of aromatic nitrogens is 2. The standard InChI is InChI=1S/C22H19F2N3O2/c1-27(29-2)21(28)20-18-11-12-22(13-19(18)25-26-20,14-3-7-16(23)8-4-14)15-5-9-17(24)10-6-15/h3-12H,13H2,1-2H3,(H,25,26). The van der Waals surface area contributed by atoms with Crippen molar-refractivity contribution in [2.24, 2.45) is 0 Å². The smallest absolute Gasteiger partial charge is 0.281 e. The van der Waals surface area contributed by atoms with E-state index in [1.807, 2.05) is 12.2 Å². The summed E-state index contributed by atoms with van der Waals surface area (Å²) >= 11 is 0. The molecule has 148 valence electrons. The number of H-pyrrole nitrogens is 1. The van der Waals surface area contributed by atoms with Crippen molar-refractivity contribution in [3.05, 3.63) is 94.3 Å². The molecular formula is C22H19F2N3O2. The molecule has 0 radical (unpaired) electrons. The van der Waals surface area contributed by atoms with Crippen LogP contribution in [0.2, 0.25) is 0 Å². The Morgan fingerprint density at radius 3 is 2.14 bits per heavy atom. The molecule has 7 heteroatoms. The Bertz CT molecular complexity index is 1030. The van der Waals surface area contributed by atoms with Crippen LogP contribution in [0.1, 0.15) is 32.9 Å². The highest BCUT2D eigenvalue weighted by Crippen LogP contribution is 2.42. The van der Waals surface area contributed by atoms with E-state index in [9.17, 15) is 13.6 Å². The second-order valence-electron chi connectivity index (χ2n) is 6.94. The number of halogens is 2. The number of nitrogens with zero attached hydrogens (tertiary/aromatic N) is 2. The van der Waals surface area contributed by atoms with Gasteiger partial charge in [0.15, 0.2) is 5.69 Å². The highest BCUT2D eigenvalue weighted by Gasteiger charge is 2.37. The van der Waals surface area contributed by atoms with Crippen LogP contribution in [0.5, 0.6) is 0 Å². The van der Waals surface area contributed by atoms with Crippen molar-refractivity contribution in [3.8, 4) is 0 Å². The van der Waals surface area contributed by atoms with E-state index in [0.717, 1.165) is 21.9 Å². The zero-order valence-electron chi connectivity index (χ0n) is 15.9. The number of allylic oxidation sites excluding steroid dienone is 1. The molecule has 1 N–H and O–H groups in total. The van der Waals surface area contributed by atoms with Crippen LogP contribution in [-0.2, 0) is 16.7 Å². The maximum atomic E-state index is 13.5. The largest absolute Gasteiger partial charge is 0.298 e. The SMILES string of the molecule is CON(C)C(=O)c1n[nH]c2c1C=CC(c1ccc(F)cc1)(c1ccc(F)cc1)C2. The zero-order valence-corrected chi connectivity index (χ0v) is 15.9. The number of benzene rings is 2. The summed E-state index contributed by atoms with van der Waals surface area (Å²) in [6, 6.07) is 12.5. The van der Waals surface area contributed by atoms with Crippen LogP contribution in [0.3, 0.4) is 0 Å². The fourth-order valence-electron chi connectivity index (χ4n) is 3.72. The Balaban J connectivity index is 1.83. The number of hydrogen-bond donors (Lipinski definition) is 1. The van der Waals surface area contributed by atoms with Crippen molar-refractivity contribution < 1.29 is 18.4 Å². The molecule has 0 fully saturated rings. The Hall–Kier alpha value is -3.32. The summed E-state index contributed by atoms with van der Waals surface area (Å²) in [4.78, 5) is 17.4. The molecule has 1 aliphatic rings. The molecule has 29 heavy (non-hydrogen) atoms. The summed E-state index contributed by atoms with van der Waals surface area (Å²) < 4.78 is 27.1. The molecule has 4 rings (SSSR count). The summed E-state index contributed by atoms with van der Waals surface area (Å²) in [7, 11) is 2.91. The lowest BCUT2D eigenvalue weighted by Crippen LogP contribution is -2.31. The minimum absolute atomic E-state index is 0.257. The van der Waals surface area contributed by atoms with E-state index in [-0.39, 0.29) is 23.2 Å². The first kappa shape index (κ1) is 19.0. The van der Waals surface area contributed by atoms with Crippen molar-refractivity contribution in [1.29, 1.82) is 0 Å². The van der Waals surface area contributed by atoms with Crippen molar-refractivity contribution >= 4 is 12.0 Å². The van der Waals surface area contributed by atoms with Gasteiger partial charge in [-0.05, 0) is 35.4 Å². The van der Waals surface area contributed by atoms with Gasteiger partial charge in [0.1, 0.15) is 11.6 Å². The molecule has 0 spiro atoms. The van der Waals surface area contributed by atoms with Crippen LogP contribution in [0.15, 0.2) is 54.6 Å². The van der Waals surface area contributed by atoms with Gasteiger partial charge in [0.2, 0.25) is 0 Å². The third-order valence-corrected chi connectivity index (χ3v) is 5.35. The van der Waals surface area contributed by atoms with Crippen LogP contribution in [-0.4, -0.2) is 35.3 Å². The van der Waals surface area contributed by atoms with E-state index in [4.69, 9.17) is 4.84 Å². The van der Waals surface area contributed by atoms with E-state index in [2.05, 4.69) is 10.2 Å². The van der Waals surface area contributed by atoms with Gasteiger partial charge in [-0.2, -0.15) is 5.10 Å². The molecule has 1 amide bonds. The van der Waals surface area contributed by atoms with Gasteiger partial charge < -0.3 is 0 Å². The Morgan fingerprint density at radius 1 is 1.07 bits per heavy atom. The van der Waals surface area contributed by atoms with Crippen LogP contribution < -0.4 is 0 Å². The lowest BCUT2D eigenvalue weighted by Gasteiger charge is -2.34. The molecule has 1 aliphatic carbocycles. The highest BCUT2D eigenvalue weighted by molar-refractivity contribution is 5.96. The van der Waals surface area contributed by atoms with Crippen molar-refractivity contribution in [2.75, 3.05) is 14.2 Å². The second-order valence-corrected chi connectivity index (χ2v) is 6.94. The number of amides is 1. The predicted molar refractivity (Wildman–Crippen MR) is 104 cm³/mol. The third kappa shape index (κ3) is 3.23. The lowest BCUT2D eigenvalue weighted by atomic mass is 9.68. The van der Waals surface area contributed by atoms with Crippen LogP contribution in [0, 0.1) is 11.6 Å². The summed E-state index contributed by atoms with van der Waals surface area (Å²) in [5.74, 6) is -1.04. The molecule has 1 heterocycles. The molecule has 0 saturated heterocycles. The Kier molecular flexibility index (Phi) is 4.76. The maximum absolute atomic E-state index is 13.5. The minimum atomic E-state index is -0.658. The molecule has 0 unspecified atom stereocenters. The van der Waals surface area contributed by atoms with Gasteiger partial charge in [0, 0.05) is 30.1 Å². The fourth-order valence-corrected chi connectivity index (χ4v) is 3.72. The Labute approximate surface area is 166 Å². The number of fused-ring (bicyclic) bond motifs is 1. The molecule has 1 aromatic heterocycles. The molecule has 5 nitrogen and oxygen atoms in total. The van der Waals surface area contributed by atoms with Gasteiger partial charge in [0.25, 0.3) is 5.91 Å². The van der Waals surface area contributed by atoms with E-state index >= 15 is 0 Å². The molecule has 0 saturated carbocycles. The molecule has 0 aliphatic heterocycles. The number of carbonyl (C=O) groups excluding carboxylic acids is 1. The Morgan fingerprint density at radius 2 is 1.62 bits per heavy atom. The number of aromatic amines is 1. The van der Waals surface area contributed by atoms with Crippen LogP contribution >= 0.6 is 0 Å². The lowest BCUT2D eigenvalue weighted by molar-refractivity contribution is -0.0760. The highest BCUT2D eigenvalue weighted by atomic mass is 19.1. The van der Waals surface area contributed by atoms with Gasteiger partial charge in [-0.15, -0.1) is 0 Å². The number of nitrogens with one attached hydrogen (secondary N) is 1. The summed E-state index contributed by atoms with van der Waals surface area (Å²) in [5, 5.41) is 8.23. The third-order valence-electron chi connectivity index (χ3n) is 5.35. The molecule has 2 aromatic carbocycles. The topological polar surface area (TPSA) is 58.2 Å². The maximum Gasteiger partial charge on any atom is 0.298 e. The number of rotatable bonds is 4. The zero-order chi connectivity index (χ0) is 20.6. The quantitative estimate of drug-likeness (QED) is 0.682. The number of hydroxylamine groups is 2. The van der Waals surface area contributed by atoms with E-state index in [1.165, 1.54) is 38.4 Å². The van der Waals surface area contributed by atoms with E-state index in [0.29, 0.717) is 12.0 Å². The minimum Gasteiger partial charge on any atom is -0.281 e. The normalized spacial score (nSPS) is 14.5. The summed E-state index contributed by atoms with van der Waals surface area (Å²) in [6.45, 7) is 0. The summed E-state index contributed by atoms with van der Waals surface area (Å²) in [5.41, 5.74) is 2.74. The van der Waals surface area contributed by atoms with Gasteiger partial charge >= 0.3 is 0 Å². The van der Waals surface area contributed by atoms with Crippen LogP contribution in [0.25, 0.3) is 6.08 Å². The molecular weight excluding hydrogens is 376 g/mol. The van der Waals surface area contributed by atoms with Gasteiger partial charge in [0.05, 0.1) is 7.11 Å². The van der Waals surface area contributed by atoms with Gasteiger partial charge in [-0.25, -0.2) is 13.8 Å². The van der Waals surface area contributed by atoms with Crippen molar-refractivity contribution in [2.45, 2.75) is 11.8 Å². The van der Waals surface area contributed by atoms with Crippen molar-refractivity contribution in [3.63, 3.8) is 0 Å².